The van der Waals surface area contributed by atoms with Gasteiger partial charge in [0.2, 0.25) is 0 Å². The number of amides is 1. The molecule has 0 bridgehead atoms. The van der Waals surface area contributed by atoms with E-state index in [1.54, 1.807) is 29.4 Å². The Labute approximate surface area is 187 Å². The SMILES string of the molecule is Cn1cnnc1-c1ccccc1NC(=O)c1oc2ccccc2c1CSc1ncccn1. The zero-order valence-electron chi connectivity index (χ0n) is 17.1. The number of anilines is 1. The fourth-order valence-corrected chi connectivity index (χ4v) is 4.25. The Hall–Kier alpha value is -3.98. The Balaban J connectivity index is 1.49. The van der Waals surface area contributed by atoms with E-state index < -0.39 is 0 Å². The van der Waals surface area contributed by atoms with E-state index in [9.17, 15) is 4.79 Å². The summed E-state index contributed by atoms with van der Waals surface area (Å²) in [4.78, 5) is 21.8. The average Bonchev–Trinajstić information content (AvgIpc) is 3.42. The van der Waals surface area contributed by atoms with Crippen molar-refractivity contribution in [1.29, 1.82) is 0 Å². The van der Waals surface area contributed by atoms with Crippen LogP contribution in [-0.2, 0) is 12.8 Å². The number of rotatable bonds is 6. The van der Waals surface area contributed by atoms with Gasteiger partial charge in [-0.2, -0.15) is 0 Å². The molecule has 0 unspecified atom stereocenters. The Kier molecular flexibility index (Phi) is 5.39. The molecule has 9 heteroatoms. The van der Waals surface area contributed by atoms with Crippen molar-refractivity contribution in [3.63, 3.8) is 0 Å². The van der Waals surface area contributed by atoms with Gasteiger partial charge in [0.25, 0.3) is 5.91 Å². The third kappa shape index (κ3) is 3.85. The molecule has 3 aromatic heterocycles. The topological polar surface area (TPSA) is 98.7 Å². The largest absolute Gasteiger partial charge is 0.451 e. The van der Waals surface area contributed by atoms with E-state index >= 15 is 0 Å². The summed E-state index contributed by atoms with van der Waals surface area (Å²) in [6, 6.07) is 16.9. The van der Waals surface area contributed by atoms with Crippen LogP contribution in [0, 0.1) is 0 Å². The molecule has 1 N–H and O–H groups in total. The normalized spacial score (nSPS) is 11.0. The van der Waals surface area contributed by atoms with Gasteiger partial charge in [-0.1, -0.05) is 42.1 Å². The van der Waals surface area contributed by atoms with Crippen molar-refractivity contribution in [2.45, 2.75) is 10.9 Å². The maximum Gasteiger partial charge on any atom is 0.291 e. The van der Waals surface area contributed by atoms with Crippen molar-refractivity contribution in [2.75, 3.05) is 5.32 Å². The molecule has 158 valence electrons. The van der Waals surface area contributed by atoms with Gasteiger partial charge in [0, 0.05) is 41.7 Å². The van der Waals surface area contributed by atoms with Crippen molar-refractivity contribution >= 4 is 34.3 Å². The highest BCUT2D eigenvalue weighted by Gasteiger charge is 2.22. The van der Waals surface area contributed by atoms with Crippen molar-refractivity contribution in [3.05, 3.63) is 84.6 Å². The van der Waals surface area contributed by atoms with Crippen LogP contribution in [0.5, 0.6) is 0 Å². The van der Waals surface area contributed by atoms with Crippen LogP contribution in [0.25, 0.3) is 22.4 Å². The van der Waals surface area contributed by atoms with E-state index in [1.807, 2.05) is 55.6 Å². The lowest BCUT2D eigenvalue weighted by molar-refractivity contribution is 0.0998. The fourth-order valence-electron chi connectivity index (χ4n) is 3.42. The van der Waals surface area contributed by atoms with Crippen molar-refractivity contribution in [1.82, 2.24) is 24.7 Å². The van der Waals surface area contributed by atoms with E-state index in [-0.39, 0.29) is 11.7 Å². The number of benzene rings is 2. The molecule has 0 aliphatic carbocycles. The summed E-state index contributed by atoms with van der Waals surface area (Å²) in [6.45, 7) is 0. The second-order valence-electron chi connectivity index (χ2n) is 6.99. The second-order valence-corrected chi connectivity index (χ2v) is 7.93. The standard InChI is InChI=1S/C23H18N6O2S/c1-29-14-26-28-21(29)16-8-2-4-9-18(16)27-22(30)20-17(13-32-23-24-11-6-12-25-23)15-7-3-5-10-19(15)31-20/h2-12,14H,13H2,1H3,(H,27,30). The Morgan fingerprint density at radius 2 is 1.84 bits per heavy atom. The fraction of sp³-hybridized carbons (Fsp3) is 0.0870. The number of para-hydroxylation sites is 2. The van der Waals surface area contributed by atoms with Gasteiger partial charge in [0.1, 0.15) is 11.9 Å². The molecule has 1 amide bonds. The van der Waals surface area contributed by atoms with Crippen LogP contribution in [0.2, 0.25) is 0 Å². The third-order valence-corrected chi connectivity index (χ3v) is 5.82. The first-order valence-corrected chi connectivity index (χ1v) is 10.8. The summed E-state index contributed by atoms with van der Waals surface area (Å²) in [5, 5.41) is 12.6. The number of aromatic nitrogens is 5. The van der Waals surface area contributed by atoms with Crippen LogP contribution in [-0.4, -0.2) is 30.6 Å². The minimum Gasteiger partial charge on any atom is -0.451 e. The van der Waals surface area contributed by atoms with Crippen LogP contribution in [0.1, 0.15) is 16.1 Å². The van der Waals surface area contributed by atoms with Gasteiger partial charge in [-0.3, -0.25) is 4.79 Å². The summed E-state index contributed by atoms with van der Waals surface area (Å²) in [7, 11) is 1.86. The molecule has 32 heavy (non-hydrogen) atoms. The molecular formula is C23H18N6O2S. The highest BCUT2D eigenvalue weighted by molar-refractivity contribution is 7.98. The lowest BCUT2D eigenvalue weighted by Crippen LogP contribution is -2.14. The number of nitrogens with one attached hydrogen (secondary N) is 1. The van der Waals surface area contributed by atoms with E-state index in [0.29, 0.717) is 28.0 Å². The molecule has 0 saturated carbocycles. The average molecular weight is 443 g/mol. The van der Waals surface area contributed by atoms with Gasteiger partial charge in [0.15, 0.2) is 16.7 Å². The molecule has 8 nitrogen and oxygen atoms in total. The molecule has 3 heterocycles. The molecule has 0 saturated heterocycles. The number of hydrogen-bond donors (Lipinski definition) is 1. The number of carbonyl (C=O) groups excluding carboxylic acids is 1. The first-order chi connectivity index (χ1) is 15.7. The summed E-state index contributed by atoms with van der Waals surface area (Å²) < 4.78 is 7.78. The molecule has 0 aliphatic heterocycles. The van der Waals surface area contributed by atoms with Crippen LogP contribution >= 0.6 is 11.8 Å². The van der Waals surface area contributed by atoms with E-state index in [0.717, 1.165) is 16.5 Å². The zero-order chi connectivity index (χ0) is 21.9. The van der Waals surface area contributed by atoms with Gasteiger partial charge in [-0.15, -0.1) is 10.2 Å². The maximum atomic E-state index is 13.3. The number of aryl methyl sites for hydroxylation is 1. The molecule has 2 aromatic carbocycles. The number of furan rings is 1. The van der Waals surface area contributed by atoms with Crippen molar-refractivity contribution in [2.24, 2.45) is 7.05 Å². The summed E-state index contributed by atoms with van der Waals surface area (Å²) in [5.74, 6) is 1.08. The molecule has 0 aliphatic rings. The molecule has 0 atom stereocenters. The number of hydrogen-bond acceptors (Lipinski definition) is 7. The van der Waals surface area contributed by atoms with Crippen LogP contribution in [0.4, 0.5) is 5.69 Å². The molecule has 0 spiro atoms. The first-order valence-electron chi connectivity index (χ1n) is 9.85. The molecular weight excluding hydrogens is 424 g/mol. The quantitative estimate of drug-likeness (QED) is 0.304. The van der Waals surface area contributed by atoms with E-state index in [4.69, 9.17) is 4.42 Å². The molecule has 0 fully saturated rings. The second kappa shape index (κ2) is 8.64. The Morgan fingerprint density at radius 3 is 2.66 bits per heavy atom. The van der Waals surface area contributed by atoms with Crippen molar-refractivity contribution in [3.8, 4) is 11.4 Å². The predicted octanol–water partition coefficient (Wildman–Crippen LogP) is 4.56. The van der Waals surface area contributed by atoms with Gasteiger partial charge >= 0.3 is 0 Å². The van der Waals surface area contributed by atoms with E-state index in [2.05, 4.69) is 25.5 Å². The maximum absolute atomic E-state index is 13.3. The van der Waals surface area contributed by atoms with Crippen LogP contribution in [0.3, 0.4) is 0 Å². The smallest absolute Gasteiger partial charge is 0.291 e. The van der Waals surface area contributed by atoms with Gasteiger partial charge in [-0.25, -0.2) is 9.97 Å². The highest BCUT2D eigenvalue weighted by atomic mass is 32.2. The van der Waals surface area contributed by atoms with Gasteiger partial charge in [0.05, 0.1) is 5.69 Å². The van der Waals surface area contributed by atoms with Gasteiger partial charge < -0.3 is 14.3 Å². The van der Waals surface area contributed by atoms with Crippen molar-refractivity contribution < 1.29 is 9.21 Å². The van der Waals surface area contributed by atoms with Gasteiger partial charge in [-0.05, 0) is 24.3 Å². The molecule has 5 rings (SSSR count). The minimum atomic E-state index is -0.333. The van der Waals surface area contributed by atoms with E-state index in [1.165, 1.54) is 11.8 Å². The Morgan fingerprint density at radius 1 is 1.06 bits per heavy atom. The predicted molar refractivity (Wildman–Crippen MR) is 122 cm³/mol. The lowest BCUT2D eigenvalue weighted by atomic mass is 10.1. The number of carbonyl (C=O) groups is 1. The summed E-state index contributed by atoms with van der Waals surface area (Å²) >= 11 is 1.45. The Bertz CT molecular complexity index is 1400. The monoisotopic (exact) mass is 442 g/mol. The van der Waals surface area contributed by atoms with Crippen LogP contribution in [0.15, 0.2) is 82.9 Å². The number of thioether (sulfide) groups is 1. The summed E-state index contributed by atoms with van der Waals surface area (Å²) in [6.07, 6.45) is 5.01. The molecule has 0 radical (unpaired) electrons. The lowest BCUT2D eigenvalue weighted by Gasteiger charge is -2.10. The minimum absolute atomic E-state index is 0.266. The first kappa shape index (κ1) is 20.0. The number of nitrogens with zero attached hydrogens (tertiary/aromatic N) is 5. The highest BCUT2D eigenvalue weighted by Crippen LogP contribution is 2.32. The van der Waals surface area contributed by atoms with Crippen LogP contribution < -0.4 is 5.32 Å². The number of fused-ring (bicyclic) bond motifs is 1. The zero-order valence-corrected chi connectivity index (χ0v) is 17.9. The summed E-state index contributed by atoms with van der Waals surface area (Å²) in [5.41, 5.74) is 2.85. The molecule has 5 aromatic rings. The third-order valence-electron chi connectivity index (χ3n) is 4.92.